The van der Waals surface area contributed by atoms with E-state index in [4.69, 9.17) is 0 Å². The van der Waals surface area contributed by atoms with Gasteiger partial charge in [-0.05, 0) is 38.8 Å². The molecule has 4 nitrogen and oxygen atoms in total. The van der Waals surface area contributed by atoms with Crippen LogP contribution in [0.4, 0.5) is 5.69 Å². The van der Waals surface area contributed by atoms with Crippen LogP contribution < -0.4 is 5.32 Å². The van der Waals surface area contributed by atoms with Gasteiger partial charge in [-0.15, -0.1) is 0 Å². The molecule has 1 N–H and O–H groups in total. The molecular formula is C12H15NO3S. The first kappa shape index (κ1) is 12.1. The molecule has 5 heteroatoms. The van der Waals surface area contributed by atoms with E-state index in [1.54, 1.807) is 19.9 Å². The van der Waals surface area contributed by atoms with E-state index < -0.39 is 20.5 Å². The van der Waals surface area contributed by atoms with Gasteiger partial charge in [-0.1, -0.05) is 12.1 Å². The van der Waals surface area contributed by atoms with Gasteiger partial charge in [0.2, 0.25) is 5.91 Å². The zero-order chi connectivity index (χ0) is 13.0. The first-order valence-electron chi connectivity index (χ1n) is 5.36. The first-order valence-corrected chi connectivity index (χ1v) is 6.84. The molecule has 1 amide bonds. The molecule has 0 spiro atoms. The van der Waals surface area contributed by atoms with Crippen LogP contribution in [0, 0.1) is 13.8 Å². The van der Waals surface area contributed by atoms with Gasteiger partial charge in [0, 0.05) is 0 Å². The minimum atomic E-state index is -3.63. The number of fused-ring (bicyclic) bond motifs is 1. The summed E-state index contributed by atoms with van der Waals surface area (Å²) < 4.78 is 23.5. The monoisotopic (exact) mass is 253 g/mol. The molecule has 0 unspecified atom stereocenters. The maximum absolute atomic E-state index is 12.4. The summed E-state index contributed by atoms with van der Waals surface area (Å²) in [6.45, 7) is 6.39. The van der Waals surface area contributed by atoms with E-state index in [9.17, 15) is 13.2 Å². The Bertz CT molecular complexity index is 615. The van der Waals surface area contributed by atoms with Gasteiger partial charge in [0.05, 0.1) is 10.6 Å². The van der Waals surface area contributed by atoms with Gasteiger partial charge in [0.25, 0.3) is 0 Å². The lowest BCUT2D eigenvalue weighted by Crippen LogP contribution is -2.48. The van der Waals surface area contributed by atoms with Crippen molar-refractivity contribution in [1.82, 2.24) is 0 Å². The van der Waals surface area contributed by atoms with Gasteiger partial charge >= 0.3 is 0 Å². The number of carbonyl (C=O) groups is 1. The summed E-state index contributed by atoms with van der Waals surface area (Å²) in [5.74, 6) is -0.473. The Morgan fingerprint density at radius 1 is 1.12 bits per heavy atom. The zero-order valence-electron chi connectivity index (χ0n) is 10.3. The number of amides is 1. The largest absolute Gasteiger partial charge is 0.323 e. The van der Waals surface area contributed by atoms with E-state index in [-0.39, 0.29) is 4.90 Å². The molecular weight excluding hydrogens is 238 g/mol. The fraction of sp³-hybridized carbons (Fsp3) is 0.417. The number of hydrogen-bond donors (Lipinski definition) is 1. The summed E-state index contributed by atoms with van der Waals surface area (Å²) >= 11 is 0. The lowest BCUT2D eigenvalue weighted by molar-refractivity contribution is -0.118. The van der Waals surface area contributed by atoms with E-state index in [1.165, 1.54) is 13.8 Å². The maximum atomic E-state index is 12.4. The number of anilines is 1. The molecule has 1 heterocycles. The van der Waals surface area contributed by atoms with Crippen molar-refractivity contribution >= 4 is 21.4 Å². The van der Waals surface area contributed by atoms with Crippen molar-refractivity contribution in [1.29, 1.82) is 0 Å². The van der Waals surface area contributed by atoms with Crippen molar-refractivity contribution in [3.8, 4) is 0 Å². The second-order valence-electron chi connectivity index (χ2n) is 4.87. The fourth-order valence-corrected chi connectivity index (χ4v) is 3.71. The van der Waals surface area contributed by atoms with Crippen LogP contribution in [-0.2, 0) is 14.6 Å². The van der Waals surface area contributed by atoms with Crippen molar-refractivity contribution < 1.29 is 13.2 Å². The number of sulfone groups is 1. The second-order valence-corrected chi connectivity index (χ2v) is 7.31. The van der Waals surface area contributed by atoms with E-state index >= 15 is 0 Å². The Balaban J connectivity index is 2.91. The molecule has 92 valence electrons. The SMILES string of the molecule is Cc1ccc(C)c2c1NC(=O)C(C)(C)S2(=O)=O. The van der Waals surface area contributed by atoms with E-state index in [2.05, 4.69) is 5.32 Å². The minimum Gasteiger partial charge on any atom is -0.323 e. The minimum absolute atomic E-state index is 0.252. The summed E-state index contributed by atoms with van der Waals surface area (Å²) in [5.41, 5.74) is 1.85. The van der Waals surface area contributed by atoms with Gasteiger partial charge in [-0.3, -0.25) is 4.79 Å². The van der Waals surface area contributed by atoms with Crippen molar-refractivity contribution in [2.45, 2.75) is 37.3 Å². The summed E-state index contributed by atoms with van der Waals surface area (Å²) in [5, 5.41) is 2.70. The van der Waals surface area contributed by atoms with Gasteiger partial charge in [0.1, 0.15) is 4.75 Å². The topological polar surface area (TPSA) is 63.2 Å². The Kier molecular flexibility index (Phi) is 2.36. The first-order chi connectivity index (χ1) is 7.69. The summed E-state index contributed by atoms with van der Waals surface area (Å²) in [6.07, 6.45) is 0. The van der Waals surface area contributed by atoms with Crippen LogP contribution in [0.15, 0.2) is 17.0 Å². The van der Waals surface area contributed by atoms with E-state index in [0.717, 1.165) is 5.56 Å². The van der Waals surface area contributed by atoms with Crippen LogP contribution in [0.2, 0.25) is 0 Å². The van der Waals surface area contributed by atoms with Crippen molar-refractivity contribution in [3.63, 3.8) is 0 Å². The lowest BCUT2D eigenvalue weighted by atomic mass is 10.1. The Morgan fingerprint density at radius 2 is 1.65 bits per heavy atom. The third-order valence-corrected chi connectivity index (χ3v) is 5.88. The van der Waals surface area contributed by atoms with Crippen LogP contribution in [0.5, 0.6) is 0 Å². The number of benzene rings is 1. The lowest BCUT2D eigenvalue weighted by Gasteiger charge is -2.32. The highest BCUT2D eigenvalue weighted by atomic mass is 32.2. The molecule has 1 aromatic rings. The van der Waals surface area contributed by atoms with Gasteiger partial charge in [-0.25, -0.2) is 8.42 Å². The summed E-state index contributed by atoms with van der Waals surface area (Å²) in [6, 6.07) is 3.57. The van der Waals surface area contributed by atoms with Crippen LogP contribution >= 0.6 is 0 Å². The molecule has 17 heavy (non-hydrogen) atoms. The van der Waals surface area contributed by atoms with Gasteiger partial charge in [0.15, 0.2) is 9.84 Å². The molecule has 0 saturated carbocycles. The molecule has 2 rings (SSSR count). The van der Waals surface area contributed by atoms with E-state index in [1.807, 2.05) is 6.07 Å². The second kappa shape index (κ2) is 3.32. The molecule has 0 saturated heterocycles. The number of nitrogens with one attached hydrogen (secondary N) is 1. The molecule has 1 aliphatic rings. The summed E-state index contributed by atoms with van der Waals surface area (Å²) in [7, 11) is -3.63. The third kappa shape index (κ3) is 1.42. The molecule has 1 aromatic carbocycles. The van der Waals surface area contributed by atoms with E-state index in [0.29, 0.717) is 11.3 Å². The number of carbonyl (C=O) groups excluding carboxylic acids is 1. The highest BCUT2D eigenvalue weighted by Crippen LogP contribution is 2.39. The Labute approximate surface area is 101 Å². The standard InChI is InChI=1S/C12H15NO3S/c1-7-5-6-8(2)10-9(7)13-11(14)12(3,4)17(10,15)16/h5-6H,1-4H3,(H,13,14). The molecule has 0 atom stereocenters. The predicted octanol–water partition coefficient (Wildman–Crippen LogP) is 1.81. The average Bonchev–Trinajstić information content (AvgIpc) is 2.21. The predicted molar refractivity (Wildman–Crippen MR) is 65.8 cm³/mol. The highest BCUT2D eigenvalue weighted by Gasteiger charge is 2.48. The van der Waals surface area contributed by atoms with Crippen molar-refractivity contribution in [3.05, 3.63) is 23.3 Å². The Hall–Kier alpha value is -1.36. The Morgan fingerprint density at radius 3 is 2.24 bits per heavy atom. The number of hydrogen-bond acceptors (Lipinski definition) is 3. The molecule has 0 radical (unpaired) electrons. The van der Waals surface area contributed by atoms with Crippen LogP contribution in [0.3, 0.4) is 0 Å². The van der Waals surface area contributed by atoms with Crippen LogP contribution in [0.25, 0.3) is 0 Å². The zero-order valence-corrected chi connectivity index (χ0v) is 11.1. The fourth-order valence-electron chi connectivity index (χ4n) is 1.93. The summed E-state index contributed by atoms with van der Waals surface area (Å²) in [4.78, 5) is 12.1. The maximum Gasteiger partial charge on any atom is 0.245 e. The highest BCUT2D eigenvalue weighted by molar-refractivity contribution is 7.94. The molecule has 0 aromatic heterocycles. The van der Waals surface area contributed by atoms with Gasteiger partial charge < -0.3 is 5.32 Å². The number of rotatable bonds is 0. The third-order valence-electron chi connectivity index (χ3n) is 3.29. The molecule has 0 aliphatic carbocycles. The number of aryl methyl sites for hydroxylation is 2. The molecule has 1 aliphatic heterocycles. The van der Waals surface area contributed by atoms with Crippen molar-refractivity contribution in [2.75, 3.05) is 5.32 Å². The molecule has 0 bridgehead atoms. The quantitative estimate of drug-likeness (QED) is 0.767. The van der Waals surface area contributed by atoms with Crippen LogP contribution in [-0.4, -0.2) is 19.1 Å². The van der Waals surface area contributed by atoms with Crippen molar-refractivity contribution in [2.24, 2.45) is 0 Å². The van der Waals surface area contributed by atoms with Gasteiger partial charge in [-0.2, -0.15) is 0 Å². The normalized spacial score (nSPS) is 20.6. The van der Waals surface area contributed by atoms with Crippen LogP contribution in [0.1, 0.15) is 25.0 Å². The molecule has 0 fully saturated rings. The average molecular weight is 253 g/mol. The smallest absolute Gasteiger partial charge is 0.245 e.